The van der Waals surface area contributed by atoms with E-state index in [1.807, 2.05) is 6.92 Å². The molecule has 5 heteroatoms. The van der Waals surface area contributed by atoms with Crippen LogP contribution < -0.4 is 11.1 Å². The maximum Gasteiger partial charge on any atom is 0.237 e. The third kappa shape index (κ3) is 5.74. The van der Waals surface area contributed by atoms with Crippen LogP contribution in [-0.4, -0.2) is 16.9 Å². The van der Waals surface area contributed by atoms with E-state index in [1.54, 1.807) is 30.0 Å². The average molecular weight is 301 g/mol. The molecule has 106 valence electrons. The lowest BCUT2D eigenvalue weighted by Crippen LogP contribution is -2.23. The van der Waals surface area contributed by atoms with E-state index in [9.17, 15) is 4.79 Å². The van der Waals surface area contributed by atoms with Crippen LogP contribution in [0.5, 0.6) is 0 Å². The van der Waals surface area contributed by atoms with Crippen LogP contribution in [0.4, 0.5) is 11.4 Å². The standard InChI is InChI=1S/C14H21ClN2OS/c1-9(2)6-7-19-10(3)14(18)17-13-5-4-11(16)8-12(13)15/h4-5,8-10H,6-7,16H2,1-3H3,(H,17,18). The van der Waals surface area contributed by atoms with Gasteiger partial charge in [-0.25, -0.2) is 0 Å². The van der Waals surface area contributed by atoms with E-state index in [4.69, 9.17) is 17.3 Å². The van der Waals surface area contributed by atoms with Crippen molar-refractivity contribution in [3.63, 3.8) is 0 Å². The molecule has 0 heterocycles. The number of carbonyl (C=O) groups excluding carboxylic acids is 1. The van der Waals surface area contributed by atoms with Gasteiger partial charge in [0.15, 0.2) is 0 Å². The first-order chi connectivity index (χ1) is 8.90. The minimum Gasteiger partial charge on any atom is -0.399 e. The van der Waals surface area contributed by atoms with Gasteiger partial charge in [-0.05, 0) is 43.2 Å². The highest BCUT2D eigenvalue weighted by Gasteiger charge is 2.14. The fraction of sp³-hybridized carbons (Fsp3) is 0.500. The van der Waals surface area contributed by atoms with E-state index in [0.29, 0.717) is 22.3 Å². The van der Waals surface area contributed by atoms with E-state index in [1.165, 1.54) is 0 Å². The van der Waals surface area contributed by atoms with Crippen LogP contribution in [0.3, 0.4) is 0 Å². The summed E-state index contributed by atoms with van der Waals surface area (Å²) in [4.78, 5) is 12.0. The zero-order chi connectivity index (χ0) is 14.4. The molecule has 0 aliphatic carbocycles. The number of nitrogen functional groups attached to an aromatic ring is 1. The molecule has 1 atom stereocenters. The van der Waals surface area contributed by atoms with Crippen molar-refractivity contribution in [2.45, 2.75) is 32.4 Å². The van der Waals surface area contributed by atoms with Crippen LogP contribution in [0, 0.1) is 5.92 Å². The second-order valence-electron chi connectivity index (χ2n) is 4.92. The van der Waals surface area contributed by atoms with Crippen molar-refractivity contribution >= 4 is 40.6 Å². The van der Waals surface area contributed by atoms with Crippen molar-refractivity contribution in [2.24, 2.45) is 5.92 Å². The second kappa shape index (κ2) is 7.65. The number of carbonyl (C=O) groups is 1. The first-order valence-corrected chi connectivity index (χ1v) is 7.80. The number of benzene rings is 1. The van der Waals surface area contributed by atoms with E-state index in [0.717, 1.165) is 12.2 Å². The zero-order valence-electron chi connectivity index (χ0n) is 11.6. The zero-order valence-corrected chi connectivity index (χ0v) is 13.1. The third-order valence-electron chi connectivity index (χ3n) is 2.68. The van der Waals surface area contributed by atoms with Crippen molar-refractivity contribution in [3.8, 4) is 0 Å². The SMILES string of the molecule is CC(C)CCSC(C)C(=O)Nc1ccc(N)cc1Cl. The lowest BCUT2D eigenvalue weighted by Gasteiger charge is -2.13. The van der Waals surface area contributed by atoms with Gasteiger partial charge in [-0.1, -0.05) is 25.4 Å². The monoisotopic (exact) mass is 300 g/mol. The van der Waals surface area contributed by atoms with Crippen LogP contribution in [-0.2, 0) is 4.79 Å². The van der Waals surface area contributed by atoms with Gasteiger partial charge in [-0.3, -0.25) is 4.79 Å². The molecule has 0 radical (unpaired) electrons. The van der Waals surface area contributed by atoms with Crippen molar-refractivity contribution < 1.29 is 4.79 Å². The molecule has 1 amide bonds. The summed E-state index contributed by atoms with van der Waals surface area (Å²) < 4.78 is 0. The molecular formula is C14H21ClN2OS. The molecule has 3 nitrogen and oxygen atoms in total. The summed E-state index contributed by atoms with van der Waals surface area (Å²) in [6.07, 6.45) is 1.12. The van der Waals surface area contributed by atoms with Gasteiger partial charge in [-0.2, -0.15) is 0 Å². The van der Waals surface area contributed by atoms with Gasteiger partial charge in [0.05, 0.1) is 16.0 Å². The Morgan fingerprint density at radius 2 is 2.11 bits per heavy atom. The maximum absolute atomic E-state index is 12.0. The minimum atomic E-state index is -0.0904. The van der Waals surface area contributed by atoms with Gasteiger partial charge < -0.3 is 11.1 Å². The summed E-state index contributed by atoms with van der Waals surface area (Å²) in [5.41, 5.74) is 6.80. The summed E-state index contributed by atoms with van der Waals surface area (Å²) in [5, 5.41) is 3.20. The molecule has 0 saturated carbocycles. The molecule has 19 heavy (non-hydrogen) atoms. The Kier molecular flexibility index (Phi) is 6.52. The Bertz CT molecular complexity index is 437. The largest absolute Gasteiger partial charge is 0.399 e. The molecule has 3 N–H and O–H groups in total. The first kappa shape index (κ1) is 16.2. The lowest BCUT2D eigenvalue weighted by molar-refractivity contribution is -0.115. The molecule has 1 aromatic carbocycles. The number of hydrogen-bond acceptors (Lipinski definition) is 3. The first-order valence-electron chi connectivity index (χ1n) is 6.37. The predicted octanol–water partition coefficient (Wildman–Crippen LogP) is 4.03. The highest BCUT2D eigenvalue weighted by molar-refractivity contribution is 8.00. The molecule has 1 rings (SSSR count). The number of halogens is 1. The van der Waals surface area contributed by atoms with Crippen molar-refractivity contribution in [3.05, 3.63) is 23.2 Å². The number of hydrogen-bond donors (Lipinski definition) is 2. The topological polar surface area (TPSA) is 55.1 Å². The Hall–Kier alpha value is -0.870. The highest BCUT2D eigenvalue weighted by Crippen LogP contribution is 2.25. The molecule has 0 spiro atoms. The fourth-order valence-electron chi connectivity index (χ4n) is 1.42. The van der Waals surface area contributed by atoms with Crippen LogP contribution in [0.2, 0.25) is 5.02 Å². The summed E-state index contributed by atoms with van der Waals surface area (Å²) in [7, 11) is 0. The summed E-state index contributed by atoms with van der Waals surface area (Å²) >= 11 is 7.68. The summed E-state index contributed by atoms with van der Waals surface area (Å²) in [5.74, 6) is 1.62. The number of thioether (sulfide) groups is 1. The van der Waals surface area contributed by atoms with Crippen molar-refractivity contribution in [2.75, 3.05) is 16.8 Å². The molecule has 1 unspecified atom stereocenters. The average Bonchev–Trinajstić information content (AvgIpc) is 2.32. The molecule has 0 fully saturated rings. The maximum atomic E-state index is 12.0. The van der Waals surface area contributed by atoms with E-state index in [2.05, 4.69) is 19.2 Å². The number of anilines is 2. The Morgan fingerprint density at radius 3 is 2.68 bits per heavy atom. The minimum absolute atomic E-state index is 0.0274. The molecule has 0 aliphatic heterocycles. The van der Waals surface area contributed by atoms with E-state index in [-0.39, 0.29) is 11.2 Å². The molecule has 0 aromatic heterocycles. The summed E-state index contributed by atoms with van der Waals surface area (Å²) in [6.45, 7) is 6.27. The smallest absolute Gasteiger partial charge is 0.237 e. The predicted molar refractivity (Wildman–Crippen MR) is 85.9 cm³/mol. The molecule has 0 aliphatic rings. The van der Waals surface area contributed by atoms with Gasteiger partial charge in [-0.15, -0.1) is 11.8 Å². The Morgan fingerprint density at radius 1 is 1.42 bits per heavy atom. The number of amides is 1. The van der Waals surface area contributed by atoms with E-state index >= 15 is 0 Å². The molecule has 0 bridgehead atoms. The van der Waals surface area contributed by atoms with Crippen molar-refractivity contribution in [1.82, 2.24) is 0 Å². The van der Waals surface area contributed by atoms with Crippen LogP contribution >= 0.6 is 23.4 Å². The third-order valence-corrected chi connectivity index (χ3v) is 4.18. The molecule has 1 aromatic rings. The normalized spacial score (nSPS) is 12.5. The molecular weight excluding hydrogens is 280 g/mol. The van der Waals surface area contributed by atoms with Crippen LogP contribution in [0.15, 0.2) is 18.2 Å². The van der Waals surface area contributed by atoms with Gasteiger partial charge in [0.1, 0.15) is 0 Å². The number of nitrogens with two attached hydrogens (primary N) is 1. The fourth-order valence-corrected chi connectivity index (χ4v) is 2.83. The molecule has 0 saturated heterocycles. The number of rotatable bonds is 6. The van der Waals surface area contributed by atoms with Gasteiger partial charge in [0, 0.05) is 5.69 Å². The van der Waals surface area contributed by atoms with Crippen molar-refractivity contribution in [1.29, 1.82) is 0 Å². The lowest BCUT2D eigenvalue weighted by atomic mass is 10.2. The van der Waals surface area contributed by atoms with Crippen LogP contribution in [0.25, 0.3) is 0 Å². The van der Waals surface area contributed by atoms with Gasteiger partial charge >= 0.3 is 0 Å². The van der Waals surface area contributed by atoms with Gasteiger partial charge in [0.25, 0.3) is 0 Å². The van der Waals surface area contributed by atoms with E-state index < -0.39 is 0 Å². The summed E-state index contributed by atoms with van der Waals surface area (Å²) in [6, 6.07) is 5.08. The van der Waals surface area contributed by atoms with Gasteiger partial charge in [0.2, 0.25) is 5.91 Å². The second-order valence-corrected chi connectivity index (χ2v) is 6.78. The Labute approximate surface area is 124 Å². The number of nitrogens with one attached hydrogen (secondary N) is 1. The Balaban J connectivity index is 2.49. The van der Waals surface area contributed by atoms with Crippen LogP contribution in [0.1, 0.15) is 27.2 Å². The quantitative estimate of drug-likeness (QED) is 0.780. The highest BCUT2D eigenvalue weighted by atomic mass is 35.5.